The number of aromatic nitrogens is 2. The molecule has 1 saturated heterocycles. The summed E-state index contributed by atoms with van der Waals surface area (Å²) >= 11 is 1.86. The Labute approximate surface area is 187 Å². The van der Waals surface area contributed by atoms with Gasteiger partial charge < -0.3 is 14.8 Å². The summed E-state index contributed by atoms with van der Waals surface area (Å²) in [6.45, 7) is 9.10. The van der Waals surface area contributed by atoms with Crippen LogP contribution in [0, 0.1) is 0 Å². The molecule has 6 nitrogen and oxygen atoms in total. The first-order valence-corrected chi connectivity index (χ1v) is 12.1. The first kappa shape index (κ1) is 20.7. The van der Waals surface area contributed by atoms with E-state index in [0.29, 0.717) is 6.61 Å². The second kappa shape index (κ2) is 9.10. The van der Waals surface area contributed by atoms with Crippen molar-refractivity contribution in [1.82, 2.24) is 14.9 Å². The highest BCUT2D eigenvalue weighted by Gasteiger charge is 2.24. The van der Waals surface area contributed by atoms with E-state index in [-0.39, 0.29) is 6.04 Å². The molecule has 7 heteroatoms. The molecule has 3 heterocycles. The Hall–Kier alpha value is -2.22. The lowest BCUT2D eigenvalue weighted by Crippen LogP contribution is -2.36. The Morgan fingerprint density at radius 2 is 1.97 bits per heavy atom. The Balaban J connectivity index is 1.45. The lowest BCUT2D eigenvalue weighted by atomic mass is 10.1. The van der Waals surface area contributed by atoms with Gasteiger partial charge in [-0.3, -0.25) is 4.90 Å². The standard InChI is InChI=1S/C24H30N4O2S/c1-3-30-18-9-7-17(8-10-18)16(2)25-23-22-19-5-4-6-20(19)31-24(22)27-21(26-23)15-28-11-13-29-14-12-28/h7-10,16H,3-6,11-15H2,1-2H3,(H,25,26,27)/t16-/m1/s1. The monoisotopic (exact) mass is 438 g/mol. The summed E-state index contributed by atoms with van der Waals surface area (Å²) in [5, 5.41) is 4.95. The van der Waals surface area contributed by atoms with Gasteiger partial charge in [-0.2, -0.15) is 0 Å². The van der Waals surface area contributed by atoms with Gasteiger partial charge in [-0.15, -0.1) is 11.3 Å². The van der Waals surface area contributed by atoms with Gasteiger partial charge in [-0.1, -0.05) is 12.1 Å². The summed E-state index contributed by atoms with van der Waals surface area (Å²) in [5.41, 5.74) is 2.68. The van der Waals surface area contributed by atoms with Crippen molar-refractivity contribution in [3.63, 3.8) is 0 Å². The molecule has 0 unspecified atom stereocenters. The van der Waals surface area contributed by atoms with E-state index >= 15 is 0 Å². The largest absolute Gasteiger partial charge is 0.494 e. The van der Waals surface area contributed by atoms with Crippen LogP contribution >= 0.6 is 11.3 Å². The molecule has 0 radical (unpaired) electrons. The highest BCUT2D eigenvalue weighted by Crippen LogP contribution is 2.40. The quantitative estimate of drug-likeness (QED) is 0.583. The number of benzene rings is 1. The van der Waals surface area contributed by atoms with Crippen molar-refractivity contribution >= 4 is 27.4 Å². The molecule has 164 valence electrons. The number of ether oxygens (including phenoxy) is 2. The summed E-state index contributed by atoms with van der Waals surface area (Å²) in [6.07, 6.45) is 3.54. The number of hydrogen-bond donors (Lipinski definition) is 1. The fraction of sp³-hybridized carbons (Fsp3) is 0.500. The molecule has 1 fully saturated rings. The normalized spacial score (nSPS) is 17.6. The van der Waals surface area contributed by atoms with E-state index in [1.165, 1.54) is 34.2 Å². The van der Waals surface area contributed by atoms with Crippen molar-refractivity contribution in [3.05, 3.63) is 46.1 Å². The molecule has 1 aliphatic carbocycles. The van der Waals surface area contributed by atoms with Gasteiger partial charge >= 0.3 is 0 Å². The summed E-state index contributed by atoms with van der Waals surface area (Å²) in [5.74, 6) is 2.79. The van der Waals surface area contributed by atoms with Crippen molar-refractivity contribution in [2.45, 2.75) is 45.7 Å². The number of aryl methyl sites for hydroxylation is 2. The molecular weight excluding hydrogens is 408 g/mol. The fourth-order valence-electron chi connectivity index (χ4n) is 4.48. The molecule has 0 saturated carbocycles. The summed E-state index contributed by atoms with van der Waals surface area (Å²) in [6, 6.07) is 8.49. The van der Waals surface area contributed by atoms with Crippen molar-refractivity contribution in [3.8, 4) is 5.75 Å². The minimum Gasteiger partial charge on any atom is -0.494 e. The van der Waals surface area contributed by atoms with E-state index < -0.39 is 0 Å². The van der Waals surface area contributed by atoms with Crippen LogP contribution in [0.2, 0.25) is 0 Å². The zero-order chi connectivity index (χ0) is 21.2. The van der Waals surface area contributed by atoms with Gasteiger partial charge in [-0.05, 0) is 56.4 Å². The van der Waals surface area contributed by atoms with E-state index in [1.807, 2.05) is 30.4 Å². The summed E-state index contributed by atoms with van der Waals surface area (Å²) < 4.78 is 11.1. The van der Waals surface area contributed by atoms with Gasteiger partial charge in [-0.25, -0.2) is 9.97 Å². The summed E-state index contributed by atoms with van der Waals surface area (Å²) in [7, 11) is 0. The first-order chi connectivity index (χ1) is 15.2. The number of anilines is 1. The second-order valence-corrected chi connectivity index (χ2v) is 9.37. The van der Waals surface area contributed by atoms with Crippen molar-refractivity contribution < 1.29 is 9.47 Å². The number of hydrogen-bond acceptors (Lipinski definition) is 7. The Bertz CT molecular complexity index is 1040. The zero-order valence-electron chi connectivity index (χ0n) is 18.3. The van der Waals surface area contributed by atoms with Crippen LogP contribution in [0.3, 0.4) is 0 Å². The fourth-order valence-corrected chi connectivity index (χ4v) is 5.76. The predicted octanol–water partition coefficient (Wildman–Crippen LogP) is 4.58. The number of thiophene rings is 1. The van der Waals surface area contributed by atoms with Crippen LogP contribution in [0.4, 0.5) is 5.82 Å². The molecule has 0 bridgehead atoms. The molecule has 2 aromatic heterocycles. The maximum atomic E-state index is 5.59. The highest BCUT2D eigenvalue weighted by atomic mass is 32.1. The van der Waals surface area contributed by atoms with Crippen molar-refractivity contribution in [1.29, 1.82) is 0 Å². The highest BCUT2D eigenvalue weighted by molar-refractivity contribution is 7.19. The molecule has 2 aliphatic rings. The van der Waals surface area contributed by atoms with Gasteiger partial charge in [0.2, 0.25) is 0 Å². The molecular formula is C24H30N4O2S. The first-order valence-electron chi connectivity index (χ1n) is 11.3. The molecule has 5 rings (SSSR count). The van der Waals surface area contributed by atoms with Crippen molar-refractivity contribution in [2.75, 3.05) is 38.2 Å². The molecule has 0 spiro atoms. The molecule has 1 aromatic carbocycles. The van der Waals surface area contributed by atoms with E-state index in [0.717, 1.165) is 61.5 Å². The average molecular weight is 439 g/mol. The molecule has 3 aromatic rings. The number of fused-ring (bicyclic) bond motifs is 3. The van der Waals surface area contributed by atoms with Gasteiger partial charge in [0.1, 0.15) is 22.2 Å². The molecule has 31 heavy (non-hydrogen) atoms. The summed E-state index contributed by atoms with van der Waals surface area (Å²) in [4.78, 5) is 15.0. The smallest absolute Gasteiger partial charge is 0.146 e. The zero-order valence-corrected chi connectivity index (χ0v) is 19.1. The minimum absolute atomic E-state index is 0.141. The number of nitrogens with one attached hydrogen (secondary N) is 1. The third-order valence-corrected chi connectivity index (χ3v) is 7.31. The number of nitrogens with zero attached hydrogens (tertiary/aromatic N) is 3. The SMILES string of the molecule is CCOc1ccc([C@@H](C)Nc2nc(CN3CCOCC3)nc3sc4c(c23)CCC4)cc1. The predicted molar refractivity (Wildman–Crippen MR) is 125 cm³/mol. The molecule has 1 aliphatic heterocycles. The maximum absolute atomic E-state index is 5.59. The van der Waals surface area contributed by atoms with Gasteiger partial charge in [0.05, 0.1) is 31.8 Å². The number of morpholine rings is 1. The molecule has 0 amide bonds. The van der Waals surface area contributed by atoms with Crippen LogP contribution in [0.25, 0.3) is 10.2 Å². The van der Waals surface area contributed by atoms with E-state index in [1.54, 1.807) is 0 Å². The van der Waals surface area contributed by atoms with Crippen LogP contribution in [0.15, 0.2) is 24.3 Å². The van der Waals surface area contributed by atoms with E-state index in [2.05, 4.69) is 29.3 Å². The third-order valence-electron chi connectivity index (χ3n) is 6.12. The lowest BCUT2D eigenvalue weighted by molar-refractivity contribution is 0.0331. The Morgan fingerprint density at radius 1 is 1.16 bits per heavy atom. The van der Waals surface area contributed by atoms with Crippen LogP contribution in [0.1, 0.15) is 48.1 Å². The lowest BCUT2D eigenvalue weighted by Gasteiger charge is -2.26. The Morgan fingerprint density at radius 3 is 2.74 bits per heavy atom. The van der Waals surface area contributed by atoms with Crippen LogP contribution in [-0.4, -0.2) is 47.8 Å². The molecule has 1 N–H and O–H groups in total. The topological polar surface area (TPSA) is 59.5 Å². The van der Waals surface area contributed by atoms with E-state index in [4.69, 9.17) is 19.4 Å². The van der Waals surface area contributed by atoms with Gasteiger partial charge in [0, 0.05) is 24.0 Å². The van der Waals surface area contributed by atoms with Gasteiger partial charge in [0.15, 0.2) is 0 Å². The Kier molecular flexibility index (Phi) is 6.07. The second-order valence-electron chi connectivity index (χ2n) is 8.28. The van der Waals surface area contributed by atoms with Crippen LogP contribution < -0.4 is 10.1 Å². The third kappa shape index (κ3) is 4.40. The van der Waals surface area contributed by atoms with Crippen LogP contribution in [0.5, 0.6) is 5.75 Å². The van der Waals surface area contributed by atoms with Crippen molar-refractivity contribution in [2.24, 2.45) is 0 Å². The average Bonchev–Trinajstić information content (AvgIpc) is 3.36. The van der Waals surface area contributed by atoms with E-state index in [9.17, 15) is 0 Å². The number of rotatable bonds is 7. The maximum Gasteiger partial charge on any atom is 0.146 e. The minimum atomic E-state index is 0.141. The van der Waals surface area contributed by atoms with Crippen LogP contribution in [-0.2, 0) is 24.1 Å². The molecule has 1 atom stereocenters. The van der Waals surface area contributed by atoms with Gasteiger partial charge in [0.25, 0.3) is 0 Å².